The number of nitrogens with zero attached hydrogens (tertiary/aromatic N) is 5. The van der Waals surface area contributed by atoms with E-state index in [1.807, 2.05) is 29.5 Å². The van der Waals surface area contributed by atoms with E-state index in [1.54, 1.807) is 6.07 Å². The third-order valence-corrected chi connectivity index (χ3v) is 6.38. The highest BCUT2D eigenvalue weighted by Crippen LogP contribution is 2.29. The molecule has 0 radical (unpaired) electrons. The van der Waals surface area contributed by atoms with Gasteiger partial charge in [-0.25, -0.2) is 9.37 Å². The van der Waals surface area contributed by atoms with Crippen molar-refractivity contribution in [3.8, 4) is 17.3 Å². The highest BCUT2D eigenvalue weighted by atomic mass is 19.1. The molecular formula is C24H27FN6O. The van der Waals surface area contributed by atoms with Gasteiger partial charge in [-0.15, -0.1) is 10.2 Å². The summed E-state index contributed by atoms with van der Waals surface area (Å²) >= 11 is 0. The highest BCUT2D eigenvalue weighted by molar-refractivity contribution is 5.82. The molecule has 166 valence electrons. The number of halogens is 1. The summed E-state index contributed by atoms with van der Waals surface area (Å²) in [5.41, 5.74) is 9.15. The molecule has 0 spiro atoms. The van der Waals surface area contributed by atoms with E-state index in [0.717, 1.165) is 31.7 Å². The molecule has 3 aromatic heterocycles. The van der Waals surface area contributed by atoms with Gasteiger partial charge in [-0.2, -0.15) is 0 Å². The maximum atomic E-state index is 14.2. The van der Waals surface area contributed by atoms with Gasteiger partial charge in [0.15, 0.2) is 23.0 Å². The van der Waals surface area contributed by atoms with Crippen molar-refractivity contribution < 1.29 is 9.13 Å². The molecule has 1 aliphatic heterocycles. The predicted octanol–water partition coefficient (Wildman–Crippen LogP) is 3.82. The number of likely N-dealkylation sites (tertiary alicyclic amines) is 1. The maximum absolute atomic E-state index is 14.2. The van der Waals surface area contributed by atoms with E-state index in [-0.39, 0.29) is 17.6 Å². The quantitative estimate of drug-likeness (QED) is 0.497. The van der Waals surface area contributed by atoms with Gasteiger partial charge in [0.1, 0.15) is 5.69 Å². The fourth-order valence-electron chi connectivity index (χ4n) is 4.46. The molecule has 0 amide bonds. The molecule has 0 unspecified atom stereocenters. The predicted molar refractivity (Wildman–Crippen MR) is 122 cm³/mol. The molecule has 4 heterocycles. The normalized spacial score (nSPS) is 17.9. The maximum Gasteiger partial charge on any atom is 0.187 e. The molecule has 2 atom stereocenters. The number of ether oxygens (including phenoxy) is 1. The summed E-state index contributed by atoms with van der Waals surface area (Å²) in [6.45, 7) is 7.26. The molecule has 8 heteroatoms. The summed E-state index contributed by atoms with van der Waals surface area (Å²) in [6, 6.07) is 11.1. The van der Waals surface area contributed by atoms with Gasteiger partial charge in [0, 0.05) is 30.2 Å². The molecule has 0 bridgehead atoms. The van der Waals surface area contributed by atoms with Crippen molar-refractivity contribution in [1.29, 1.82) is 0 Å². The van der Waals surface area contributed by atoms with Gasteiger partial charge in [0.2, 0.25) is 0 Å². The smallest absolute Gasteiger partial charge is 0.187 e. The molecule has 1 fully saturated rings. The van der Waals surface area contributed by atoms with Crippen LogP contribution >= 0.6 is 0 Å². The van der Waals surface area contributed by atoms with Crippen LogP contribution in [0.15, 0.2) is 42.6 Å². The van der Waals surface area contributed by atoms with Gasteiger partial charge in [0.25, 0.3) is 0 Å². The van der Waals surface area contributed by atoms with Gasteiger partial charge in [-0.3, -0.25) is 9.30 Å². The number of hydrogen-bond acceptors (Lipinski definition) is 6. The zero-order valence-electron chi connectivity index (χ0n) is 18.3. The lowest BCUT2D eigenvalue weighted by atomic mass is 10.1. The minimum Gasteiger partial charge on any atom is -0.491 e. The zero-order valence-corrected chi connectivity index (χ0v) is 18.3. The Morgan fingerprint density at radius 1 is 1.22 bits per heavy atom. The number of benzene rings is 1. The Labute approximate surface area is 186 Å². The van der Waals surface area contributed by atoms with E-state index in [2.05, 4.69) is 34.3 Å². The summed E-state index contributed by atoms with van der Waals surface area (Å²) < 4.78 is 21.6. The molecule has 0 aliphatic carbocycles. The third kappa shape index (κ3) is 3.69. The Morgan fingerprint density at radius 2 is 2.09 bits per heavy atom. The van der Waals surface area contributed by atoms with Gasteiger partial charge in [0.05, 0.1) is 12.1 Å². The Bertz CT molecular complexity index is 1270. The van der Waals surface area contributed by atoms with Crippen LogP contribution in [-0.2, 0) is 0 Å². The molecule has 1 saturated heterocycles. The molecular weight excluding hydrogens is 407 g/mol. The largest absolute Gasteiger partial charge is 0.491 e. The Morgan fingerprint density at radius 3 is 2.88 bits per heavy atom. The van der Waals surface area contributed by atoms with Gasteiger partial charge in [-0.05, 0) is 63.0 Å². The highest BCUT2D eigenvalue weighted by Gasteiger charge is 2.26. The van der Waals surface area contributed by atoms with E-state index in [1.165, 1.54) is 11.6 Å². The molecule has 2 N–H and O–H groups in total. The van der Waals surface area contributed by atoms with Gasteiger partial charge >= 0.3 is 0 Å². The van der Waals surface area contributed by atoms with E-state index < -0.39 is 0 Å². The number of fused-ring (bicyclic) bond motifs is 2. The first-order valence-electron chi connectivity index (χ1n) is 11.1. The van der Waals surface area contributed by atoms with Crippen LogP contribution in [0.5, 0.6) is 5.75 Å². The van der Waals surface area contributed by atoms with E-state index >= 15 is 0 Å². The summed E-state index contributed by atoms with van der Waals surface area (Å²) in [5, 5.41) is 9.41. The van der Waals surface area contributed by atoms with Crippen molar-refractivity contribution in [1.82, 2.24) is 24.5 Å². The molecule has 1 aromatic carbocycles. The summed E-state index contributed by atoms with van der Waals surface area (Å²) in [7, 11) is 0. The Hall–Kier alpha value is -3.10. The second kappa shape index (κ2) is 8.44. The summed E-state index contributed by atoms with van der Waals surface area (Å²) in [4.78, 5) is 7.20. The zero-order chi connectivity index (χ0) is 22.2. The first kappa shape index (κ1) is 20.8. The minimum atomic E-state index is -0.390. The van der Waals surface area contributed by atoms with Crippen molar-refractivity contribution >= 4 is 16.6 Å². The summed E-state index contributed by atoms with van der Waals surface area (Å²) in [5.74, 6) is 1.03. The van der Waals surface area contributed by atoms with Crippen LogP contribution < -0.4 is 10.5 Å². The number of pyridine rings is 2. The van der Waals surface area contributed by atoms with Crippen LogP contribution in [0.25, 0.3) is 28.1 Å². The summed E-state index contributed by atoms with van der Waals surface area (Å²) in [6.07, 6.45) is 3.24. The average molecular weight is 435 g/mol. The van der Waals surface area contributed by atoms with Crippen molar-refractivity contribution in [2.24, 2.45) is 11.7 Å². The average Bonchev–Trinajstić information content (AvgIpc) is 3.46. The van der Waals surface area contributed by atoms with Crippen LogP contribution in [0.2, 0.25) is 0 Å². The monoisotopic (exact) mass is 434 g/mol. The van der Waals surface area contributed by atoms with Crippen LogP contribution in [0, 0.1) is 11.7 Å². The van der Waals surface area contributed by atoms with Crippen LogP contribution in [0.1, 0.15) is 31.9 Å². The fourth-order valence-corrected chi connectivity index (χ4v) is 4.46. The number of hydrogen-bond donors (Lipinski definition) is 1. The van der Waals surface area contributed by atoms with Gasteiger partial charge in [-0.1, -0.05) is 12.1 Å². The first-order valence-corrected chi connectivity index (χ1v) is 11.1. The number of nitrogens with two attached hydrogens (primary N) is 1. The van der Waals surface area contributed by atoms with Crippen molar-refractivity contribution in [3.05, 3.63) is 54.0 Å². The number of aromatic nitrogens is 4. The molecule has 5 rings (SSSR count). The molecule has 7 nitrogen and oxygen atoms in total. The fraction of sp³-hybridized carbons (Fsp3) is 0.375. The van der Waals surface area contributed by atoms with E-state index in [0.29, 0.717) is 34.9 Å². The van der Waals surface area contributed by atoms with Crippen molar-refractivity contribution in [2.75, 3.05) is 26.2 Å². The third-order valence-electron chi connectivity index (χ3n) is 6.38. The second-order valence-corrected chi connectivity index (χ2v) is 8.38. The second-order valence-electron chi connectivity index (χ2n) is 8.38. The van der Waals surface area contributed by atoms with Crippen molar-refractivity contribution in [2.45, 2.75) is 26.3 Å². The lowest BCUT2D eigenvalue weighted by Crippen LogP contribution is -2.26. The molecule has 4 aromatic rings. The molecule has 0 saturated carbocycles. The van der Waals surface area contributed by atoms with Crippen molar-refractivity contribution in [3.63, 3.8) is 0 Å². The SMILES string of the molecule is CCOc1cc2nc(-c3nnc4ccc([C@@H](C)N5CC[C@@H](CN)C5)cn34)ccc2cc1F. The van der Waals surface area contributed by atoms with Gasteiger partial charge < -0.3 is 10.5 Å². The van der Waals surface area contributed by atoms with E-state index in [9.17, 15) is 4.39 Å². The number of rotatable bonds is 6. The first-order chi connectivity index (χ1) is 15.6. The van der Waals surface area contributed by atoms with E-state index in [4.69, 9.17) is 15.5 Å². The Balaban J connectivity index is 1.52. The lowest BCUT2D eigenvalue weighted by molar-refractivity contribution is 0.253. The van der Waals surface area contributed by atoms with Crippen LogP contribution in [-0.4, -0.2) is 50.7 Å². The van der Waals surface area contributed by atoms with Crippen LogP contribution in [0.4, 0.5) is 4.39 Å². The molecule has 32 heavy (non-hydrogen) atoms. The topological polar surface area (TPSA) is 81.6 Å². The molecule has 1 aliphatic rings. The Kier molecular flexibility index (Phi) is 5.48. The van der Waals surface area contributed by atoms with Crippen LogP contribution in [0.3, 0.4) is 0 Å². The lowest BCUT2D eigenvalue weighted by Gasteiger charge is -2.24. The standard InChI is InChI=1S/C24H27FN6O/c1-3-32-22-11-21-17(10-19(22)25)4-6-20(27-21)24-29-28-23-7-5-18(14-31(23)24)15(2)30-9-8-16(12-26)13-30/h4-7,10-11,14-16H,3,8-9,12-13,26H2,1-2H3/t15-,16+/m1/s1. The minimum absolute atomic E-state index is 0.202.